The summed E-state index contributed by atoms with van der Waals surface area (Å²) in [6.45, 7) is 0. The lowest BCUT2D eigenvalue weighted by molar-refractivity contribution is 0.432. The Kier molecular flexibility index (Phi) is 4.14. The van der Waals surface area contributed by atoms with Crippen molar-refractivity contribution in [3.8, 4) is 11.6 Å². The lowest BCUT2D eigenvalue weighted by Crippen LogP contribution is -2.05. The number of ether oxygens (including phenoxy) is 1. The van der Waals surface area contributed by atoms with E-state index in [1.165, 1.54) is 35.9 Å². The molecule has 0 saturated heterocycles. The number of thiophene rings is 1. The van der Waals surface area contributed by atoms with E-state index in [0.717, 1.165) is 10.2 Å². The van der Waals surface area contributed by atoms with Gasteiger partial charge in [0.1, 0.15) is 16.8 Å². The summed E-state index contributed by atoms with van der Waals surface area (Å²) in [7, 11) is 0. The molecule has 1 aromatic carbocycles. The van der Waals surface area contributed by atoms with E-state index in [2.05, 4.69) is 25.3 Å². The zero-order valence-electron chi connectivity index (χ0n) is 14.7. The number of benzene rings is 1. The molecule has 7 nitrogen and oxygen atoms in total. The summed E-state index contributed by atoms with van der Waals surface area (Å²) in [5, 5.41) is 5.26. The van der Waals surface area contributed by atoms with Crippen LogP contribution in [0, 0.1) is 5.82 Å². The van der Waals surface area contributed by atoms with Crippen molar-refractivity contribution < 1.29 is 9.13 Å². The van der Waals surface area contributed by atoms with E-state index in [1.54, 1.807) is 24.5 Å². The molecule has 5 rings (SSSR count). The van der Waals surface area contributed by atoms with Crippen molar-refractivity contribution in [3.63, 3.8) is 0 Å². The molecule has 0 spiro atoms. The van der Waals surface area contributed by atoms with Crippen molar-refractivity contribution in [1.82, 2.24) is 19.9 Å². The first-order valence-electron chi connectivity index (χ1n) is 8.58. The van der Waals surface area contributed by atoms with Crippen LogP contribution in [-0.2, 0) is 0 Å². The molecule has 142 valence electrons. The average Bonchev–Trinajstić information content (AvgIpc) is 3.20. The second-order valence-electron chi connectivity index (χ2n) is 6.11. The van der Waals surface area contributed by atoms with Crippen LogP contribution in [-0.4, -0.2) is 19.9 Å². The SMILES string of the molecule is O=c1cc[nH]c2ccnc(Nc3ccc(Oc4ncnc5ccsc45)c(F)c3)c12. The predicted molar refractivity (Wildman–Crippen MR) is 110 cm³/mol. The number of aromatic nitrogens is 4. The van der Waals surface area contributed by atoms with Gasteiger partial charge >= 0.3 is 0 Å². The van der Waals surface area contributed by atoms with Crippen LogP contribution in [0.15, 0.2) is 65.3 Å². The van der Waals surface area contributed by atoms with Gasteiger partial charge in [-0.25, -0.2) is 19.3 Å². The van der Waals surface area contributed by atoms with Gasteiger partial charge in [0.2, 0.25) is 5.88 Å². The molecule has 0 radical (unpaired) electrons. The van der Waals surface area contributed by atoms with Crippen molar-refractivity contribution in [2.75, 3.05) is 5.32 Å². The lowest BCUT2D eigenvalue weighted by Gasteiger charge is -2.10. The molecule has 4 heterocycles. The number of pyridine rings is 2. The largest absolute Gasteiger partial charge is 0.434 e. The van der Waals surface area contributed by atoms with Gasteiger partial charge in [0, 0.05) is 30.2 Å². The fraction of sp³-hybridized carbons (Fsp3) is 0. The fourth-order valence-corrected chi connectivity index (χ4v) is 3.73. The van der Waals surface area contributed by atoms with Crippen LogP contribution >= 0.6 is 11.3 Å². The number of halogens is 1. The highest BCUT2D eigenvalue weighted by atomic mass is 32.1. The van der Waals surface area contributed by atoms with Gasteiger partial charge < -0.3 is 15.0 Å². The van der Waals surface area contributed by atoms with Crippen LogP contribution in [0.4, 0.5) is 15.9 Å². The molecule has 0 saturated carbocycles. The number of aromatic amines is 1. The van der Waals surface area contributed by atoms with Crippen molar-refractivity contribution in [2.24, 2.45) is 0 Å². The van der Waals surface area contributed by atoms with Gasteiger partial charge in [0.05, 0.1) is 16.4 Å². The molecule has 4 aromatic heterocycles. The molecule has 0 aliphatic carbocycles. The standard InChI is InChI=1S/C20H12FN5O2S/c21-12-9-11(26-19-17-13(3-6-23-19)22-7-4-15(17)27)1-2-16(12)28-20-18-14(5-8-29-18)24-10-25-20/h1-10H,(H,22,27)(H,23,26). The van der Waals surface area contributed by atoms with Crippen molar-refractivity contribution >= 4 is 44.0 Å². The Hall–Kier alpha value is -3.85. The molecular weight excluding hydrogens is 393 g/mol. The summed E-state index contributed by atoms with van der Waals surface area (Å²) in [5.41, 5.74) is 1.63. The zero-order valence-corrected chi connectivity index (χ0v) is 15.5. The van der Waals surface area contributed by atoms with Crippen LogP contribution < -0.4 is 15.5 Å². The number of rotatable bonds is 4. The minimum absolute atomic E-state index is 0.0349. The van der Waals surface area contributed by atoms with E-state index in [4.69, 9.17) is 4.74 Å². The highest BCUT2D eigenvalue weighted by Crippen LogP contribution is 2.33. The smallest absolute Gasteiger partial charge is 0.240 e. The number of nitrogens with one attached hydrogen (secondary N) is 2. The maximum Gasteiger partial charge on any atom is 0.240 e. The third kappa shape index (κ3) is 3.17. The van der Waals surface area contributed by atoms with Crippen LogP contribution in [0.1, 0.15) is 0 Å². The minimum atomic E-state index is -0.576. The first kappa shape index (κ1) is 17.3. The normalized spacial score (nSPS) is 11.1. The third-order valence-electron chi connectivity index (χ3n) is 4.28. The van der Waals surface area contributed by atoms with E-state index in [1.807, 2.05) is 11.4 Å². The Balaban J connectivity index is 1.46. The highest BCUT2D eigenvalue weighted by molar-refractivity contribution is 7.17. The molecule has 2 N–H and O–H groups in total. The summed E-state index contributed by atoms with van der Waals surface area (Å²) in [6.07, 6.45) is 4.51. The van der Waals surface area contributed by atoms with Crippen LogP contribution in [0.3, 0.4) is 0 Å². The molecule has 5 aromatic rings. The molecule has 9 heteroatoms. The van der Waals surface area contributed by atoms with Gasteiger partial charge in [-0.1, -0.05) is 0 Å². The lowest BCUT2D eigenvalue weighted by atomic mass is 10.2. The monoisotopic (exact) mass is 405 g/mol. The molecule has 0 amide bonds. The molecule has 29 heavy (non-hydrogen) atoms. The minimum Gasteiger partial charge on any atom is -0.434 e. The first-order chi connectivity index (χ1) is 14.2. The van der Waals surface area contributed by atoms with Gasteiger partial charge in [0.15, 0.2) is 17.0 Å². The Morgan fingerprint density at radius 1 is 1.10 bits per heavy atom. The molecule has 0 aliphatic heterocycles. The topological polar surface area (TPSA) is 92.8 Å². The first-order valence-corrected chi connectivity index (χ1v) is 9.46. The van der Waals surface area contributed by atoms with Gasteiger partial charge in [-0.2, -0.15) is 0 Å². The number of hydrogen-bond donors (Lipinski definition) is 2. The van der Waals surface area contributed by atoms with E-state index in [9.17, 15) is 9.18 Å². The van der Waals surface area contributed by atoms with Gasteiger partial charge in [0.25, 0.3) is 0 Å². The molecule has 0 bridgehead atoms. The van der Waals surface area contributed by atoms with E-state index in [0.29, 0.717) is 28.3 Å². The Bertz CT molecular complexity index is 1410. The number of anilines is 2. The second kappa shape index (κ2) is 6.95. The maximum atomic E-state index is 14.7. The summed E-state index contributed by atoms with van der Waals surface area (Å²) in [4.78, 5) is 27.6. The summed E-state index contributed by atoms with van der Waals surface area (Å²) in [5.74, 6) is 0.0977. The van der Waals surface area contributed by atoms with Crippen molar-refractivity contribution in [2.45, 2.75) is 0 Å². The van der Waals surface area contributed by atoms with E-state index in [-0.39, 0.29) is 11.2 Å². The van der Waals surface area contributed by atoms with Crippen LogP contribution in [0.2, 0.25) is 0 Å². The van der Waals surface area contributed by atoms with Crippen LogP contribution in [0.5, 0.6) is 11.6 Å². The fourth-order valence-electron chi connectivity index (χ4n) is 2.96. The summed E-state index contributed by atoms with van der Waals surface area (Å²) in [6, 6.07) is 9.38. The molecule has 0 unspecified atom stereocenters. The predicted octanol–water partition coefficient (Wildman–Crippen LogP) is 4.60. The van der Waals surface area contributed by atoms with Gasteiger partial charge in [-0.15, -0.1) is 11.3 Å². The summed E-state index contributed by atoms with van der Waals surface area (Å²) >= 11 is 1.42. The zero-order chi connectivity index (χ0) is 19.8. The number of fused-ring (bicyclic) bond motifs is 2. The molecule has 0 aliphatic rings. The third-order valence-corrected chi connectivity index (χ3v) is 5.17. The number of nitrogens with zero attached hydrogens (tertiary/aromatic N) is 3. The highest BCUT2D eigenvalue weighted by Gasteiger charge is 2.13. The van der Waals surface area contributed by atoms with Crippen LogP contribution in [0.25, 0.3) is 21.1 Å². The van der Waals surface area contributed by atoms with Crippen molar-refractivity contribution in [1.29, 1.82) is 0 Å². The molecule has 0 fully saturated rings. The second-order valence-corrected chi connectivity index (χ2v) is 7.03. The Morgan fingerprint density at radius 2 is 2.03 bits per heavy atom. The average molecular weight is 405 g/mol. The number of hydrogen-bond acceptors (Lipinski definition) is 7. The Morgan fingerprint density at radius 3 is 2.93 bits per heavy atom. The van der Waals surface area contributed by atoms with Gasteiger partial charge in [-0.3, -0.25) is 4.79 Å². The molecule has 0 atom stereocenters. The quantitative estimate of drug-likeness (QED) is 0.454. The van der Waals surface area contributed by atoms with E-state index < -0.39 is 5.82 Å². The van der Waals surface area contributed by atoms with Gasteiger partial charge in [-0.05, 0) is 29.6 Å². The Labute approximate surface area is 166 Å². The maximum absolute atomic E-state index is 14.7. The molecular formula is C20H12FN5O2S. The summed E-state index contributed by atoms with van der Waals surface area (Å²) < 4.78 is 21.1. The van der Waals surface area contributed by atoms with Crippen molar-refractivity contribution in [3.05, 3.63) is 76.5 Å². The number of H-pyrrole nitrogens is 1. The van der Waals surface area contributed by atoms with E-state index >= 15 is 0 Å².